The molecule has 0 aromatic heterocycles. The molecule has 0 radical (unpaired) electrons. The molecule has 1 saturated heterocycles. The lowest BCUT2D eigenvalue weighted by Crippen LogP contribution is -2.35. The number of rotatable bonds is 1. The van der Waals surface area contributed by atoms with Gasteiger partial charge >= 0.3 is 0 Å². The average molecular weight is 233 g/mol. The minimum atomic E-state index is 0.214. The van der Waals surface area contributed by atoms with Crippen molar-refractivity contribution in [3.8, 4) is 0 Å². The third-order valence-corrected chi connectivity index (χ3v) is 4.72. The number of anilines is 1. The molecule has 16 heavy (non-hydrogen) atoms. The summed E-state index contributed by atoms with van der Waals surface area (Å²) in [5.74, 6) is 1.47. The third-order valence-electron chi connectivity index (χ3n) is 3.36. The molecule has 0 saturated carbocycles. The summed E-state index contributed by atoms with van der Waals surface area (Å²) in [5.41, 5.74) is 2.46. The molecular weight excluding hydrogens is 218 g/mol. The molecule has 1 unspecified atom stereocenters. The molecule has 1 aromatic rings. The van der Waals surface area contributed by atoms with Gasteiger partial charge in [-0.1, -0.05) is 18.2 Å². The summed E-state index contributed by atoms with van der Waals surface area (Å²) in [6.07, 6.45) is 3.26. The predicted octanol–water partition coefficient (Wildman–Crippen LogP) is 2.47. The predicted molar refractivity (Wildman–Crippen MR) is 68.0 cm³/mol. The van der Waals surface area contributed by atoms with Gasteiger partial charge in [0.1, 0.15) is 0 Å². The number of carbonyl (C=O) groups is 1. The Kier molecular flexibility index (Phi) is 2.64. The lowest BCUT2D eigenvalue weighted by Gasteiger charge is -2.20. The Balaban J connectivity index is 1.84. The number of carbonyl (C=O) groups excluding carboxylic acids is 1. The van der Waals surface area contributed by atoms with E-state index in [9.17, 15) is 4.79 Å². The van der Waals surface area contributed by atoms with E-state index in [-0.39, 0.29) is 5.25 Å². The largest absolute Gasteiger partial charge is 0.311 e. The number of amides is 1. The van der Waals surface area contributed by atoms with E-state index in [1.54, 1.807) is 0 Å². The fourth-order valence-corrected chi connectivity index (χ4v) is 3.73. The molecule has 1 amide bonds. The van der Waals surface area contributed by atoms with Gasteiger partial charge in [0.25, 0.3) is 0 Å². The number of fused-ring (bicyclic) bond motifs is 1. The Morgan fingerprint density at radius 1 is 1.38 bits per heavy atom. The first-order valence-electron chi connectivity index (χ1n) is 5.87. The summed E-state index contributed by atoms with van der Waals surface area (Å²) in [5, 5.41) is 0.214. The monoisotopic (exact) mass is 233 g/mol. The number of hydrogen-bond acceptors (Lipinski definition) is 2. The van der Waals surface area contributed by atoms with Crippen molar-refractivity contribution in [3.05, 3.63) is 29.8 Å². The average Bonchev–Trinajstić information content (AvgIpc) is 2.98. The zero-order chi connectivity index (χ0) is 11.0. The molecular formula is C13H15NOS. The molecule has 84 valence electrons. The van der Waals surface area contributed by atoms with Crippen molar-refractivity contribution in [1.82, 2.24) is 0 Å². The van der Waals surface area contributed by atoms with Gasteiger partial charge in [-0.15, -0.1) is 11.8 Å². The molecule has 2 aliphatic heterocycles. The van der Waals surface area contributed by atoms with Crippen LogP contribution < -0.4 is 4.90 Å². The first-order chi connectivity index (χ1) is 7.86. The van der Waals surface area contributed by atoms with Crippen molar-refractivity contribution in [2.75, 3.05) is 17.2 Å². The lowest BCUT2D eigenvalue weighted by atomic mass is 10.2. The Morgan fingerprint density at radius 3 is 3.06 bits per heavy atom. The summed E-state index contributed by atoms with van der Waals surface area (Å²) < 4.78 is 0. The van der Waals surface area contributed by atoms with Crippen molar-refractivity contribution in [2.24, 2.45) is 0 Å². The van der Waals surface area contributed by atoms with E-state index < -0.39 is 0 Å². The number of hydrogen-bond donors (Lipinski definition) is 0. The van der Waals surface area contributed by atoms with Gasteiger partial charge in [-0.25, -0.2) is 0 Å². The summed E-state index contributed by atoms with van der Waals surface area (Å²) in [7, 11) is 0. The standard InChI is InChI=1S/C13H15NOS/c15-13(12-6-3-9-16-12)14-8-7-10-4-1-2-5-11(10)14/h1-2,4-5,12H,3,6-9H2. The Labute approximate surface area is 100 Å². The molecule has 2 aliphatic rings. The minimum Gasteiger partial charge on any atom is -0.311 e. The second-order valence-electron chi connectivity index (χ2n) is 4.37. The van der Waals surface area contributed by atoms with Gasteiger partial charge in [0.15, 0.2) is 0 Å². The van der Waals surface area contributed by atoms with Gasteiger partial charge in [-0.2, -0.15) is 0 Å². The maximum absolute atomic E-state index is 12.3. The second-order valence-corrected chi connectivity index (χ2v) is 5.68. The van der Waals surface area contributed by atoms with Crippen molar-refractivity contribution < 1.29 is 4.79 Å². The summed E-state index contributed by atoms with van der Waals surface area (Å²) in [6.45, 7) is 0.870. The van der Waals surface area contributed by atoms with E-state index in [2.05, 4.69) is 18.2 Å². The smallest absolute Gasteiger partial charge is 0.240 e. The van der Waals surface area contributed by atoms with Crippen LogP contribution in [0.1, 0.15) is 18.4 Å². The van der Waals surface area contributed by atoms with Gasteiger partial charge in [0, 0.05) is 12.2 Å². The fourth-order valence-electron chi connectivity index (χ4n) is 2.51. The molecule has 0 spiro atoms. The first kappa shape index (κ1) is 10.2. The van der Waals surface area contributed by atoms with E-state index >= 15 is 0 Å². The maximum Gasteiger partial charge on any atom is 0.240 e. The zero-order valence-electron chi connectivity index (χ0n) is 9.19. The quantitative estimate of drug-likeness (QED) is 0.742. The lowest BCUT2D eigenvalue weighted by molar-refractivity contribution is -0.118. The molecule has 0 bridgehead atoms. The fraction of sp³-hybridized carbons (Fsp3) is 0.462. The maximum atomic E-state index is 12.3. The van der Waals surface area contributed by atoms with Crippen LogP contribution in [0.2, 0.25) is 0 Å². The van der Waals surface area contributed by atoms with Crippen LogP contribution in [0.5, 0.6) is 0 Å². The SMILES string of the molecule is O=C(C1CCCS1)N1CCc2ccccc21. The summed E-state index contributed by atoms with van der Waals surface area (Å²) in [6, 6.07) is 8.27. The van der Waals surface area contributed by atoms with E-state index in [1.165, 1.54) is 12.0 Å². The second kappa shape index (κ2) is 4.13. The van der Waals surface area contributed by atoms with E-state index in [1.807, 2.05) is 22.7 Å². The van der Waals surface area contributed by atoms with E-state index in [0.717, 1.165) is 30.8 Å². The third kappa shape index (κ3) is 1.63. The van der Waals surface area contributed by atoms with E-state index in [0.29, 0.717) is 5.91 Å². The van der Waals surface area contributed by atoms with Crippen LogP contribution in [0.15, 0.2) is 24.3 Å². The summed E-state index contributed by atoms with van der Waals surface area (Å²) in [4.78, 5) is 14.3. The van der Waals surface area contributed by atoms with Crippen LogP contribution in [0, 0.1) is 0 Å². The highest BCUT2D eigenvalue weighted by molar-refractivity contribution is 8.00. The van der Waals surface area contributed by atoms with Crippen LogP contribution >= 0.6 is 11.8 Å². The van der Waals surface area contributed by atoms with Gasteiger partial charge in [-0.05, 0) is 36.6 Å². The van der Waals surface area contributed by atoms with Crippen LogP contribution in [0.25, 0.3) is 0 Å². The highest BCUT2D eigenvalue weighted by atomic mass is 32.2. The Morgan fingerprint density at radius 2 is 2.25 bits per heavy atom. The van der Waals surface area contributed by atoms with Gasteiger partial charge in [-0.3, -0.25) is 4.79 Å². The molecule has 3 heteroatoms. The number of para-hydroxylation sites is 1. The Bertz CT molecular complexity index is 412. The van der Waals surface area contributed by atoms with Crippen LogP contribution in [0.4, 0.5) is 5.69 Å². The van der Waals surface area contributed by atoms with Crippen molar-refractivity contribution in [1.29, 1.82) is 0 Å². The molecule has 1 fully saturated rings. The van der Waals surface area contributed by atoms with Crippen LogP contribution in [0.3, 0.4) is 0 Å². The van der Waals surface area contributed by atoms with Crippen molar-refractivity contribution >= 4 is 23.4 Å². The summed E-state index contributed by atoms with van der Waals surface area (Å²) >= 11 is 1.82. The van der Waals surface area contributed by atoms with E-state index in [4.69, 9.17) is 0 Å². The molecule has 0 N–H and O–H groups in total. The van der Waals surface area contributed by atoms with Crippen LogP contribution in [-0.4, -0.2) is 23.5 Å². The normalized spacial score (nSPS) is 23.5. The van der Waals surface area contributed by atoms with Crippen LogP contribution in [-0.2, 0) is 11.2 Å². The topological polar surface area (TPSA) is 20.3 Å². The van der Waals surface area contributed by atoms with Gasteiger partial charge in [0.05, 0.1) is 5.25 Å². The highest BCUT2D eigenvalue weighted by Crippen LogP contribution is 2.33. The highest BCUT2D eigenvalue weighted by Gasteiger charge is 2.31. The zero-order valence-corrected chi connectivity index (χ0v) is 10.0. The molecule has 2 heterocycles. The molecule has 0 aliphatic carbocycles. The number of benzene rings is 1. The Hall–Kier alpha value is -0.960. The minimum absolute atomic E-state index is 0.214. The van der Waals surface area contributed by atoms with Crippen molar-refractivity contribution in [3.63, 3.8) is 0 Å². The number of nitrogens with zero attached hydrogens (tertiary/aromatic N) is 1. The first-order valence-corrected chi connectivity index (χ1v) is 6.92. The molecule has 1 atom stereocenters. The van der Waals surface area contributed by atoms with Crippen molar-refractivity contribution in [2.45, 2.75) is 24.5 Å². The van der Waals surface area contributed by atoms with Gasteiger partial charge in [0.2, 0.25) is 5.91 Å². The molecule has 1 aromatic carbocycles. The van der Waals surface area contributed by atoms with Gasteiger partial charge < -0.3 is 4.90 Å². The molecule has 3 rings (SSSR count). The number of thioether (sulfide) groups is 1. The molecule has 2 nitrogen and oxygen atoms in total.